The number of rotatable bonds is 4. The normalized spacial score (nSPS) is 24.8. The van der Waals surface area contributed by atoms with Gasteiger partial charge in [-0.1, -0.05) is 20.8 Å². The molecule has 1 aliphatic rings. The number of nitrogens with zero attached hydrogens (tertiary/aromatic N) is 1. The molecule has 0 spiro atoms. The Hall–Kier alpha value is -0.0800. The third-order valence-corrected chi connectivity index (χ3v) is 3.77. The highest BCUT2D eigenvalue weighted by molar-refractivity contribution is 4.76. The molecule has 1 fully saturated rings. The summed E-state index contributed by atoms with van der Waals surface area (Å²) in [5, 5.41) is 0. The second kappa shape index (κ2) is 5.86. The first-order valence-electron chi connectivity index (χ1n) is 6.46. The molecule has 0 aromatic rings. The van der Waals surface area contributed by atoms with Gasteiger partial charge in [0.15, 0.2) is 0 Å². The standard InChI is InChI=1S/C13H28N2/c1-12(11-14)5-9-15-8-4-6-13(2,3)7-10-15/h12H,4-11,14H2,1-3H3. The number of nitrogens with two attached hydrogens (primary N) is 1. The second-order valence-corrected chi connectivity index (χ2v) is 5.99. The fraction of sp³-hybridized carbons (Fsp3) is 1.00. The van der Waals surface area contributed by atoms with E-state index >= 15 is 0 Å². The average Bonchev–Trinajstić information content (AvgIpc) is 2.36. The zero-order chi connectivity index (χ0) is 11.3. The van der Waals surface area contributed by atoms with Gasteiger partial charge in [-0.2, -0.15) is 0 Å². The van der Waals surface area contributed by atoms with Gasteiger partial charge >= 0.3 is 0 Å². The van der Waals surface area contributed by atoms with Crippen LogP contribution in [0.25, 0.3) is 0 Å². The van der Waals surface area contributed by atoms with Crippen molar-refractivity contribution in [2.75, 3.05) is 26.2 Å². The third kappa shape index (κ3) is 4.98. The molecule has 2 N–H and O–H groups in total. The molecule has 0 radical (unpaired) electrons. The molecule has 1 saturated heterocycles. The Morgan fingerprint density at radius 1 is 1.27 bits per heavy atom. The SMILES string of the molecule is CC(CN)CCN1CCCC(C)(C)CC1. The summed E-state index contributed by atoms with van der Waals surface area (Å²) in [4.78, 5) is 2.63. The molecule has 1 aliphatic heterocycles. The van der Waals surface area contributed by atoms with Crippen molar-refractivity contribution in [2.24, 2.45) is 17.1 Å². The van der Waals surface area contributed by atoms with E-state index in [1.807, 2.05) is 0 Å². The van der Waals surface area contributed by atoms with Crippen molar-refractivity contribution in [2.45, 2.75) is 46.5 Å². The van der Waals surface area contributed by atoms with Gasteiger partial charge in [0.1, 0.15) is 0 Å². The second-order valence-electron chi connectivity index (χ2n) is 5.99. The summed E-state index contributed by atoms with van der Waals surface area (Å²) in [6.07, 6.45) is 5.36. The highest BCUT2D eigenvalue weighted by Gasteiger charge is 2.22. The predicted octanol–water partition coefficient (Wildman–Crippen LogP) is 2.48. The van der Waals surface area contributed by atoms with Crippen LogP contribution in [0.2, 0.25) is 0 Å². The first kappa shape index (κ1) is 13.0. The van der Waals surface area contributed by atoms with Gasteiger partial charge in [0.2, 0.25) is 0 Å². The van der Waals surface area contributed by atoms with E-state index in [0.717, 1.165) is 6.54 Å². The molecule has 15 heavy (non-hydrogen) atoms. The monoisotopic (exact) mass is 212 g/mol. The molecule has 2 heteroatoms. The minimum atomic E-state index is 0.564. The maximum absolute atomic E-state index is 5.64. The minimum Gasteiger partial charge on any atom is -0.330 e. The summed E-state index contributed by atoms with van der Waals surface area (Å²) < 4.78 is 0. The molecule has 1 heterocycles. The Kier molecular flexibility index (Phi) is 5.07. The van der Waals surface area contributed by atoms with Crippen molar-refractivity contribution >= 4 is 0 Å². The van der Waals surface area contributed by atoms with Crippen molar-refractivity contribution in [1.82, 2.24) is 4.90 Å². The van der Waals surface area contributed by atoms with E-state index in [-0.39, 0.29) is 0 Å². The van der Waals surface area contributed by atoms with Gasteiger partial charge in [0.25, 0.3) is 0 Å². The van der Waals surface area contributed by atoms with Crippen LogP contribution in [0.3, 0.4) is 0 Å². The molecular formula is C13H28N2. The van der Waals surface area contributed by atoms with Crippen molar-refractivity contribution in [3.8, 4) is 0 Å². The molecule has 0 aliphatic carbocycles. The van der Waals surface area contributed by atoms with Crippen LogP contribution >= 0.6 is 0 Å². The number of likely N-dealkylation sites (tertiary alicyclic amines) is 1. The first-order valence-corrected chi connectivity index (χ1v) is 6.46. The maximum atomic E-state index is 5.64. The van der Waals surface area contributed by atoms with E-state index in [9.17, 15) is 0 Å². The lowest BCUT2D eigenvalue weighted by Crippen LogP contribution is -2.28. The molecular weight excluding hydrogens is 184 g/mol. The Labute approximate surface area is 95.2 Å². The highest BCUT2D eigenvalue weighted by atomic mass is 15.1. The van der Waals surface area contributed by atoms with Crippen LogP contribution in [0, 0.1) is 11.3 Å². The molecule has 0 aromatic carbocycles. The quantitative estimate of drug-likeness (QED) is 0.776. The van der Waals surface area contributed by atoms with Crippen molar-refractivity contribution < 1.29 is 0 Å². The van der Waals surface area contributed by atoms with Gasteiger partial charge in [-0.25, -0.2) is 0 Å². The predicted molar refractivity (Wildman–Crippen MR) is 66.9 cm³/mol. The Morgan fingerprint density at radius 2 is 2.00 bits per heavy atom. The van der Waals surface area contributed by atoms with E-state index in [4.69, 9.17) is 5.73 Å². The van der Waals surface area contributed by atoms with Gasteiger partial charge < -0.3 is 10.6 Å². The average molecular weight is 212 g/mol. The van der Waals surface area contributed by atoms with Crippen molar-refractivity contribution in [3.63, 3.8) is 0 Å². The molecule has 0 amide bonds. The maximum Gasteiger partial charge on any atom is -0.00136 e. The minimum absolute atomic E-state index is 0.564. The Balaban J connectivity index is 2.26. The lowest BCUT2D eigenvalue weighted by atomic mass is 9.85. The van der Waals surface area contributed by atoms with Crippen LogP contribution in [0.1, 0.15) is 46.5 Å². The van der Waals surface area contributed by atoms with Crippen LogP contribution in [-0.4, -0.2) is 31.1 Å². The summed E-state index contributed by atoms with van der Waals surface area (Å²) in [5.41, 5.74) is 6.21. The van der Waals surface area contributed by atoms with E-state index in [2.05, 4.69) is 25.7 Å². The lowest BCUT2D eigenvalue weighted by molar-refractivity contribution is 0.248. The summed E-state index contributed by atoms with van der Waals surface area (Å²) in [7, 11) is 0. The summed E-state index contributed by atoms with van der Waals surface area (Å²) in [6, 6.07) is 0. The lowest BCUT2D eigenvalue weighted by Gasteiger charge is -2.24. The highest BCUT2D eigenvalue weighted by Crippen LogP contribution is 2.29. The number of hydrogen-bond acceptors (Lipinski definition) is 2. The Bertz CT molecular complexity index is 177. The molecule has 2 nitrogen and oxygen atoms in total. The zero-order valence-corrected chi connectivity index (χ0v) is 10.8. The third-order valence-electron chi connectivity index (χ3n) is 3.77. The summed E-state index contributed by atoms with van der Waals surface area (Å²) in [5.74, 6) is 0.682. The first-order chi connectivity index (χ1) is 7.03. The summed E-state index contributed by atoms with van der Waals surface area (Å²) >= 11 is 0. The van der Waals surface area contributed by atoms with Gasteiger partial charge in [0.05, 0.1) is 0 Å². The van der Waals surface area contributed by atoms with Crippen LogP contribution in [0.5, 0.6) is 0 Å². The van der Waals surface area contributed by atoms with Crippen molar-refractivity contribution in [1.29, 1.82) is 0 Å². The zero-order valence-electron chi connectivity index (χ0n) is 10.8. The van der Waals surface area contributed by atoms with Crippen LogP contribution in [-0.2, 0) is 0 Å². The summed E-state index contributed by atoms with van der Waals surface area (Å²) in [6.45, 7) is 11.7. The molecule has 0 bridgehead atoms. The van der Waals surface area contributed by atoms with Gasteiger partial charge in [-0.05, 0) is 63.2 Å². The molecule has 1 rings (SSSR count). The van der Waals surface area contributed by atoms with Crippen LogP contribution in [0.15, 0.2) is 0 Å². The number of hydrogen-bond donors (Lipinski definition) is 1. The molecule has 0 saturated carbocycles. The molecule has 0 aromatic heterocycles. The topological polar surface area (TPSA) is 29.3 Å². The molecule has 1 atom stereocenters. The fourth-order valence-electron chi connectivity index (χ4n) is 2.22. The van der Waals surface area contributed by atoms with Crippen LogP contribution < -0.4 is 5.73 Å². The van der Waals surface area contributed by atoms with E-state index in [1.54, 1.807) is 0 Å². The fourth-order valence-corrected chi connectivity index (χ4v) is 2.22. The van der Waals surface area contributed by atoms with E-state index in [1.165, 1.54) is 45.3 Å². The van der Waals surface area contributed by atoms with Gasteiger partial charge in [-0.3, -0.25) is 0 Å². The largest absolute Gasteiger partial charge is 0.330 e. The van der Waals surface area contributed by atoms with E-state index in [0.29, 0.717) is 11.3 Å². The molecule has 1 unspecified atom stereocenters. The molecule has 90 valence electrons. The van der Waals surface area contributed by atoms with Crippen LogP contribution in [0.4, 0.5) is 0 Å². The van der Waals surface area contributed by atoms with Gasteiger partial charge in [0, 0.05) is 0 Å². The van der Waals surface area contributed by atoms with Crippen molar-refractivity contribution in [3.05, 3.63) is 0 Å². The Morgan fingerprint density at radius 3 is 2.67 bits per heavy atom. The van der Waals surface area contributed by atoms with E-state index < -0.39 is 0 Å². The van der Waals surface area contributed by atoms with Gasteiger partial charge in [-0.15, -0.1) is 0 Å². The smallest absolute Gasteiger partial charge is 0.00136 e.